The second kappa shape index (κ2) is 4.95. The van der Waals surface area contributed by atoms with E-state index in [-0.39, 0.29) is 16.0 Å². The van der Waals surface area contributed by atoms with E-state index in [1.54, 1.807) is 6.92 Å². The average molecular weight is 335 g/mol. The van der Waals surface area contributed by atoms with Crippen molar-refractivity contribution in [1.82, 2.24) is 8.96 Å². The summed E-state index contributed by atoms with van der Waals surface area (Å²) in [6.07, 6.45) is 0. The number of aromatic amines is 1. The molecule has 0 aliphatic heterocycles. The van der Waals surface area contributed by atoms with Crippen LogP contribution in [0.2, 0.25) is 0 Å². The molecule has 120 valence electrons. The first-order valence-electron chi connectivity index (χ1n) is 6.74. The number of nitrogens with one attached hydrogen (secondary N) is 1. The molecule has 3 N–H and O–H groups in total. The first kappa shape index (κ1) is 15.3. The van der Waals surface area contributed by atoms with Crippen molar-refractivity contribution in [2.75, 3.05) is 5.73 Å². The highest BCUT2D eigenvalue weighted by Crippen LogP contribution is 2.23. The van der Waals surface area contributed by atoms with Crippen LogP contribution < -0.4 is 11.4 Å². The van der Waals surface area contributed by atoms with Gasteiger partial charge in [0.05, 0.1) is 15.9 Å². The predicted octanol–water partition coefficient (Wildman–Crippen LogP) is 1.90. The first-order valence-corrected chi connectivity index (χ1v) is 8.18. The van der Waals surface area contributed by atoms with Gasteiger partial charge in [0.15, 0.2) is 0 Å². The minimum absolute atomic E-state index is 0.158. The normalized spacial score (nSPS) is 12.0. The number of H-pyrrole nitrogens is 1. The van der Waals surface area contributed by atoms with E-state index in [0.29, 0.717) is 20.7 Å². The van der Waals surface area contributed by atoms with Gasteiger partial charge in [-0.25, -0.2) is 17.6 Å². The van der Waals surface area contributed by atoms with Gasteiger partial charge in [-0.15, -0.1) is 0 Å². The van der Waals surface area contributed by atoms with Crippen LogP contribution in [0.4, 0.5) is 10.1 Å². The van der Waals surface area contributed by atoms with Gasteiger partial charge < -0.3 is 10.7 Å². The third-order valence-corrected chi connectivity index (χ3v) is 5.39. The minimum atomic E-state index is -4.16. The van der Waals surface area contributed by atoms with Gasteiger partial charge >= 0.3 is 5.69 Å². The minimum Gasteiger partial charge on any atom is -0.398 e. The van der Waals surface area contributed by atoms with Crippen molar-refractivity contribution in [3.8, 4) is 0 Å². The maximum absolute atomic E-state index is 13.4. The van der Waals surface area contributed by atoms with E-state index in [4.69, 9.17) is 5.73 Å². The number of fused-ring (bicyclic) bond motifs is 1. The molecule has 8 heteroatoms. The molecule has 1 heterocycles. The largest absolute Gasteiger partial charge is 0.398 e. The molecule has 3 aromatic rings. The summed E-state index contributed by atoms with van der Waals surface area (Å²) >= 11 is 0. The summed E-state index contributed by atoms with van der Waals surface area (Å²) in [7, 11) is -4.16. The fourth-order valence-corrected chi connectivity index (χ4v) is 3.83. The summed E-state index contributed by atoms with van der Waals surface area (Å²) < 4.78 is 39.6. The predicted molar refractivity (Wildman–Crippen MR) is 85.4 cm³/mol. The number of nitrogens with zero attached hydrogens (tertiary/aromatic N) is 1. The third kappa shape index (κ3) is 2.31. The van der Waals surface area contributed by atoms with Crippen molar-refractivity contribution in [3.63, 3.8) is 0 Å². The van der Waals surface area contributed by atoms with Crippen LogP contribution in [0.5, 0.6) is 0 Å². The summed E-state index contributed by atoms with van der Waals surface area (Å²) in [5.41, 5.74) is 6.77. The molecule has 0 aliphatic rings. The summed E-state index contributed by atoms with van der Waals surface area (Å²) in [6, 6.07) is 6.42. The molecule has 0 atom stereocenters. The zero-order valence-electron chi connectivity index (χ0n) is 12.4. The molecule has 2 aromatic carbocycles. The molecule has 0 spiro atoms. The topological polar surface area (TPSA) is 97.9 Å². The number of aromatic nitrogens is 2. The van der Waals surface area contributed by atoms with Crippen LogP contribution >= 0.6 is 0 Å². The van der Waals surface area contributed by atoms with Crippen molar-refractivity contribution in [3.05, 3.63) is 57.8 Å². The number of halogens is 1. The van der Waals surface area contributed by atoms with Gasteiger partial charge in [0.2, 0.25) is 0 Å². The standard InChI is InChI=1S/C15H14FN3O3S/c1-8-5-10(3-4-11(8)16)23(21,22)19-14-6-9(2)12(17)7-13(14)18-15(19)20/h3-7H,17H2,1-2H3,(H,18,20). The Kier molecular flexibility index (Phi) is 3.29. The van der Waals surface area contributed by atoms with Gasteiger partial charge in [0.25, 0.3) is 10.0 Å². The van der Waals surface area contributed by atoms with Crippen LogP contribution in [0.1, 0.15) is 11.1 Å². The molecule has 0 fully saturated rings. The quantitative estimate of drug-likeness (QED) is 0.699. The van der Waals surface area contributed by atoms with Crippen LogP contribution in [0.25, 0.3) is 11.0 Å². The molecule has 0 amide bonds. The summed E-state index contributed by atoms with van der Waals surface area (Å²) in [5.74, 6) is -0.515. The maximum atomic E-state index is 13.4. The molecule has 0 bridgehead atoms. The fourth-order valence-electron chi connectivity index (χ4n) is 2.37. The Morgan fingerprint density at radius 1 is 1.13 bits per heavy atom. The van der Waals surface area contributed by atoms with Gasteiger partial charge in [-0.1, -0.05) is 0 Å². The van der Waals surface area contributed by atoms with Crippen molar-refractivity contribution in [1.29, 1.82) is 0 Å². The monoisotopic (exact) mass is 335 g/mol. The number of hydrogen-bond acceptors (Lipinski definition) is 4. The Bertz CT molecular complexity index is 1100. The second-order valence-corrected chi connectivity index (χ2v) is 7.12. The van der Waals surface area contributed by atoms with Gasteiger partial charge in [0.1, 0.15) is 5.82 Å². The Morgan fingerprint density at radius 2 is 1.83 bits per heavy atom. The summed E-state index contributed by atoms with van der Waals surface area (Å²) in [4.78, 5) is 14.5. The van der Waals surface area contributed by atoms with Crippen LogP contribution in [0.3, 0.4) is 0 Å². The lowest BCUT2D eigenvalue weighted by atomic mass is 10.2. The van der Waals surface area contributed by atoms with Crippen molar-refractivity contribution < 1.29 is 12.8 Å². The maximum Gasteiger partial charge on any atom is 0.340 e. The molecule has 3 rings (SSSR count). The number of rotatable bonds is 2. The average Bonchev–Trinajstić information content (AvgIpc) is 2.78. The Labute approximate surface area is 131 Å². The summed E-state index contributed by atoms with van der Waals surface area (Å²) in [6.45, 7) is 3.17. The van der Waals surface area contributed by atoms with E-state index in [9.17, 15) is 17.6 Å². The van der Waals surface area contributed by atoms with Gasteiger partial charge in [0, 0.05) is 5.69 Å². The molecule has 0 radical (unpaired) electrons. The van der Waals surface area contributed by atoms with Crippen molar-refractivity contribution in [2.24, 2.45) is 0 Å². The van der Waals surface area contributed by atoms with E-state index in [2.05, 4.69) is 4.98 Å². The molecule has 23 heavy (non-hydrogen) atoms. The summed E-state index contributed by atoms with van der Waals surface area (Å²) in [5, 5.41) is 0. The molecule has 0 aliphatic carbocycles. The number of hydrogen-bond donors (Lipinski definition) is 2. The lowest BCUT2D eigenvalue weighted by Crippen LogP contribution is -2.25. The molecule has 0 saturated heterocycles. The molecular weight excluding hydrogens is 321 g/mol. The number of benzene rings is 2. The Balaban J connectivity index is 2.34. The highest BCUT2D eigenvalue weighted by molar-refractivity contribution is 7.90. The number of nitrogens with two attached hydrogens (primary N) is 1. The third-order valence-electron chi connectivity index (χ3n) is 3.70. The van der Waals surface area contributed by atoms with Crippen LogP contribution in [0.15, 0.2) is 40.0 Å². The number of anilines is 1. The highest BCUT2D eigenvalue weighted by atomic mass is 32.2. The first-order chi connectivity index (χ1) is 10.7. The van der Waals surface area contributed by atoms with Crippen LogP contribution in [0, 0.1) is 19.7 Å². The van der Waals surface area contributed by atoms with E-state index in [0.717, 1.165) is 12.1 Å². The van der Waals surface area contributed by atoms with E-state index >= 15 is 0 Å². The van der Waals surface area contributed by atoms with E-state index in [1.807, 2.05) is 0 Å². The zero-order valence-corrected chi connectivity index (χ0v) is 13.2. The lowest BCUT2D eigenvalue weighted by Gasteiger charge is -2.08. The lowest BCUT2D eigenvalue weighted by molar-refractivity contribution is 0.585. The van der Waals surface area contributed by atoms with Gasteiger partial charge in [-0.05, 0) is 55.3 Å². The molecule has 6 nitrogen and oxygen atoms in total. The van der Waals surface area contributed by atoms with Gasteiger partial charge in [-0.3, -0.25) is 0 Å². The van der Waals surface area contributed by atoms with Crippen LogP contribution in [-0.2, 0) is 10.0 Å². The van der Waals surface area contributed by atoms with Crippen molar-refractivity contribution in [2.45, 2.75) is 18.7 Å². The molecule has 0 saturated carbocycles. The Morgan fingerprint density at radius 3 is 2.48 bits per heavy atom. The SMILES string of the molecule is Cc1cc2c(cc1N)[nH]c(=O)n2S(=O)(=O)c1ccc(F)c(C)c1. The Hall–Kier alpha value is -2.61. The fraction of sp³-hybridized carbons (Fsp3) is 0.133. The van der Waals surface area contributed by atoms with E-state index < -0.39 is 21.5 Å². The molecule has 0 unspecified atom stereocenters. The van der Waals surface area contributed by atoms with Crippen molar-refractivity contribution >= 4 is 26.7 Å². The number of imidazole rings is 1. The second-order valence-electron chi connectivity index (χ2n) is 5.34. The van der Waals surface area contributed by atoms with Gasteiger partial charge in [-0.2, -0.15) is 3.97 Å². The smallest absolute Gasteiger partial charge is 0.340 e. The number of nitrogen functional groups attached to an aromatic ring is 1. The molecular formula is C15H14FN3O3S. The highest BCUT2D eigenvalue weighted by Gasteiger charge is 2.23. The number of aryl methyl sites for hydroxylation is 2. The van der Waals surface area contributed by atoms with E-state index in [1.165, 1.54) is 25.1 Å². The zero-order chi connectivity index (χ0) is 16.9. The molecule has 1 aromatic heterocycles. The van der Waals surface area contributed by atoms with Crippen LogP contribution in [-0.4, -0.2) is 17.4 Å².